The predicted octanol–water partition coefficient (Wildman–Crippen LogP) is 2.66. The smallest absolute Gasteiger partial charge is 0.277 e. The number of hydrogen-bond donors (Lipinski definition) is 0. The number of rotatable bonds is 3. The second kappa shape index (κ2) is 5.38. The Morgan fingerprint density at radius 1 is 1.14 bits per heavy atom. The van der Waals surface area contributed by atoms with Crippen molar-refractivity contribution in [3.63, 3.8) is 0 Å². The zero-order valence-corrected chi connectivity index (χ0v) is 11.9. The lowest BCUT2D eigenvalue weighted by Crippen LogP contribution is -2.25. The molecule has 3 rings (SSSR count). The highest BCUT2D eigenvalue weighted by Crippen LogP contribution is 2.18. The fraction of sp³-hybridized carbons (Fsp3) is 0.125. The average Bonchev–Trinajstić information content (AvgIpc) is 2.97. The van der Waals surface area contributed by atoms with Gasteiger partial charge < -0.3 is 0 Å². The van der Waals surface area contributed by atoms with Crippen molar-refractivity contribution in [2.24, 2.45) is 0 Å². The van der Waals surface area contributed by atoms with Gasteiger partial charge in [-0.3, -0.25) is 14.2 Å². The van der Waals surface area contributed by atoms with E-state index < -0.39 is 0 Å². The van der Waals surface area contributed by atoms with Gasteiger partial charge in [0.2, 0.25) is 0 Å². The number of aromatic nitrogens is 2. The lowest BCUT2D eigenvalue weighted by Gasteiger charge is -2.13. The minimum absolute atomic E-state index is 0.181. The van der Waals surface area contributed by atoms with Gasteiger partial charge in [-0.15, -0.1) is 0 Å². The number of amides is 1. The van der Waals surface area contributed by atoms with Crippen LogP contribution in [0, 0.1) is 0 Å². The van der Waals surface area contributed by atoms with Crippen LogP contribution in [-0.4, -0.2) is 34.7 Å². The summed E-state index contributed by atoms with van der Waals surface area (Å²) < 4.78 is 1.99. The molecule has 5 heteroatoms. The number of para-hydroxylation sites is 2. The molecule has 0 fully saturated rings. The second-order valence-corrected chi connectivity index (χ2v) is 4.64. The molecule has 1 amide bonds. The van der Waals surface area contributed by atoms with Crippen molar-refractivity contribution in [2.75, 3.05) is 14.2 Å². The summed E-state index contributed by atoms with van der Waals surface area (Å²) in [5, 5.41) is 1.20. The van der Waals surface area contributed by atoms with Crippen molar-refractivity contribution in [2.45, 2.75) is 0 Å². The molecule has 0 saturated heterocycles. The van der Waals surface area contributed by atoms with Gasteiger partial charge in [-0.2, -0.15) is 0 Å². The lowest BCUT2D eigenvalue weighted by atomic mass is 10.2. The van der Waals surface area contributed by atoms with Crippen LogP contribution in [0.3, 0.4) is 0 Å². The van der Waals surface area contributed by atoms with E-state index in [2.05, 4.69) is 4.98 Å². The first-order valence-corrected chi connectivity index (χ1v) is 6.55. The highest BCUT2D eigenvalue weighted by Gasteiger charge is 2.11. The number of carbonyl (C=O) groups excluding carboxylic acids is 1. The molecule has 21 heavy (non-hydrogen) atoms. The van der Waals surface area contributed by atoms with Crippen molar-refractivity contribution in [3.05, 3.63) is 60.4 Å². The summed E-state index contributed by atoms with van der Waals surface area (Å²) in [5.74, 6) is -0.181. The summed E-state index contributed by atoms with van der Waals surface area (Å²) in [6, 6.07) is 15.3. The van der Waals surface area contributed by atoms with E-state index in [9.17, 15) is 4.79 Å². The monoisotopic (exact) mass is 281 g/mol. The van der Waals surface area contributed by atoms with E-state index in [0.717, 1.165) is 16.7 Å². The molecule has 0 aliphatic rings. The first-order valence-electron chi connectivity index (χ1n) is 6.55. The fourth-order valence-electron chi connectivity index (χ4n) is 2.19. The van der Waals surface area contributed by atoms with Crippen molar-refractivity contribution in [3.8, 4) is 5.69 Å². The van der Waals surface area contributed by atoms with Crippen molar-refractivity contribution in [1.82, 2.24) is 14.6 Å². The van der Waals surface area contributed by atoms with Crippen LogP contribution >= 0.6 is 0 Å². The van der Waals surface area contributed by atoms with Crippen LogP contribution in [0.5, 0.6) is 0 Å². The van der Waals surface area contributed by atoms with E-state index in [0.29, 0.717) is 5.56 Å². The number of fused-ring (bicyclic) bond motifs is 1. The summed E-state index contributed by atoms with van der Waals surface area (Å²) in [7, 11) is 3.05. The molecule has 0 aliphatic heterocycles. The Morgan fingerprint density at radius 2 is 1.86 bits per heavy atom. The molecular formula is C16H15N3O2. The molecule has 0 bridgehead atoms. The number of carbonyl (C=O) groups is 1. The molecule has 0 spiro atoms. The third-order valence-corrected chi connectivity index (χ3v) is 3.41. The van der Waals surface area contributed by atoms with E-state index in [1.807, 2.05) is 41.0 Å². The summed E-state index contributed by atoms with van der Waals surface area (Å²) in [6.07, 6.45) is 1.78. The zero-order valence-electron chi connectivity index (χ0n) is 11.9. The van der Waals surface area contributed by atoms with Gasteiger partial charge in [0, 0.05) is 18.3 Å². The minimum atomic E-state index is -0.181. The SMILES string of the molecule is CON(C)C(=O)c1ccc(-n2cnc3ccccc32)cc1. The van der Waals surface area contributed by atoms with Crippen LogP contribution in [0.25, 0.3) is 16.7 Å². The maximum Gasteiger partial charge on any atom is 0.277 e. The number of hydroxylamine groups is 2. The molecule has 0 N–H and O–H groups in total. The molecule has 0 atom stereocenters. The molecule has 0 saturated carbocycles. The molecular weight excluding hydrogens is 266 g/mol. The van der Waals surface area contributed by atoms with Crippen LogP contribution in [0.2, 0.25) is 0 Å². The van der Waals surface area contributed by atoms with E-state index in [4.69, 9.17) is 4.84 Å². The Bertz CT molecular complexity index is 778. The molecule has 3 aromatic rings. The van der Waals surface area contributed by atoms with E-state index in [-0.39, 0.29) is 5.91 Å². The van der Waals surface area contributed by atoms with Crippen molar-refractivity contribution >= 4 is 16.9 Å². The van der Waals surface area contributed by atoms with Crippen molar-refractivity contribution in [1.29, 1.82) is 0 Å². The van der Waals surface area contributed by atoms with Crippen LogP contribution in [0.15, 0.2) is 54.9 Å². The molecule has 1 heterocycles. The highest BCUT2D eigenvalue weighted by atomic mass is 16.7. The summed E-state index contributed by atoms with van der Waals surface area (Å²) in [6.45, 7) is 0. The molecule has 0 aliphatic carbocycles. The molecule has 2 aromatic carbocycles. The van der Waals surface area contributed by atoms with Gasteiger partial charge in [0.25, 0.3) is 5.91 Å². The van der Waals surface area contributed by atoms with E-state index >= 15 is 0 Å². The van der Waals surface area contributed by atoms with Crippen LogP contribution in [0.4, 0.5) is 0 Å². The second-order valence-electron chi connectivity index (χ2n) is 4.64. The summed E-state index contributed by atoms with van der Waals surface area (Å²) in [4.78, 5) is 21.2. The standard InChI is InChI=1S/C16H15N3O2/c1-18(21-2)16(20)12-7-9-13(10-8-12)19-11-17-14-5-3-4-6-15(14)19/h3-11H,1-2H3. The largest absolute Gasteiger partial charge is 0.299 e. The molecule has 0 radical (unpaired) electrons. The Labute approximate surface area is 122 Å². The number of benzene rings is 2. The number of hydrogen-bond acceptors (Lipinski definition) is 3. The van der Waals surface area contributed by atoms with Gasteiger partial charge in [-0.05, 0) is 36.4 Å². The van der Waals surface area contributed by atoms with Gasteiger partial charge in [0.05, 0.1) is 18.1 Å². The Morgan fingerprint density at radius 3 is 2.57 bits per heavy atom. The van der Waals surface area contributed by atoms with Crippen LogP contribution in [-0.2, 0) is 4.84 Å². The third kappa shape index (κ3) is 2.39. The summed E-state index contributed by atoms with van der Waals surface area (Å²) >= 11 is 0. The highest BCUT2D eigenvalue weighted by molar-refractivity contribution is 5.93. The van der Waals surface area contributed by atoms with Gasteiger partial charge in [0.1, 0.15) is 6.33 Å². The molecule has 106 valence electrons. The average molecular weight is 281 g/mol. The third-order valence-electron chi connectivity index (χ3n) is 3.41. The predicted molar refractivity (Wildman–Crippen MR) is 80.2 cm³/mol. The molecule has 5 nitrogen and oxygen atoms in total. The fourth-order valence-corrected chi connectivity index (χ4v) is 2.19. The van der Waals surface area contributed by atoms with Crippen LogP contribution < -0.4 is 0 Å². The van der Waals surface area contributed by atoms with Gasteiger partial charge in [0.15, 0.2) is 0 Å². The van der Waals surface area contributed by atoms with Gasteiger partial charge in [-0.1, -0.05) is 12.1 Å². The van der Waals surface area contributed by atoms with Gasteiger partial charge in [-0.25, -0.2) is 10.0 Å². The molecule has 1 aromatic heterocycles. The Hall–Kier alpha value is -2.66. The quantitative estimate of drug-likeness (QED) is 0.693. The first-order chi connectivity index (χ1) is 10.2. The maximum absolute atomic E-state index is 12.0. The number of nitrogens with zero attached hydrogens (tertiary/aromatic N) is 3. The zero-order chi connectivity index (χ0) is 14.8. The maximum atomic E-state index is 12.0. The topological polar surface area (TPSA) is 47.4 Å². The number of imidazole rings is 1. The minimum Gasteiger partial charge on any atom is -0.299 e. The Balaban J connectivity index is 1.96. The lowest BCUT2D eigenvalue weighted by molar-refractivity contribution is -0.0756. The summed E-state index contributed by atoms with van der Waals surface area (Å²) in [5.41, 5.74) is 3.51. The van der Waals surface area contributed by atoms with Crippen molar-refractivity contribution < 1.29 is 9.63 Å². The first kappa shape index (κ1) is 13.3. The van der Waals surface area contributed by atoms with Gasteiger partial charge >= 0.3 is 0 Å². The normalized spacial score (nSPS) is 10.8. The Kier molecular flexibility index (Phi) is 3.41. The van der Waals surface area contributed by atoms with E-state index in [1.165, 1.54) is 12.2 Å². The molecule has 0 unspecified atom stereocenters. The van der Waals surface area contributed by atoms with Crippen LogP contribution in [0.1, 0.15) is 10.4 Å². The van der Waals surface area contributed by atoms with E-state index in [1.54, 1.807) is 25.5 Å².